The van der Waals surface area contributed by atoms with E-state index in [-0.39, 0.29) is 6.54 Å². The molecule has 0 aliphatic heterocycles. The smallest absolute Gasteiger partial charge is 0.252 e. The lowest BCUT2D eigenvalue weighted by atomic mass is 10.2. The van der Waals surface area contributed by atoms with Gasteiger partial charge in [-0.15, -0.1) is 0 Å². The van der Waals surface area contributed by atoms with Crippen LogP contribution in [0, 0.1) is 0 Å². The molecule has 0 atom stereocenters. The standard InChI is InChI=1S/C11H16F2N2O3S/c12-11(13)7-15(5-6-16)19(17,18)8-9-1-3-10(14)4-2-9/h1-4,11,16H,5-8,14H2. The van der Waals surface area contributed by atoms with E-state index in [9.17, 15) is 17.2 Å². The molecule has 19 heavy (non-hydrogen) atoms. The van der Waals surface area contributed by atoms with Gasteiger partial charge in [-0.05, 0) is 17.7 Å². The van der Waals surface area contributed by atoms with Crippen molar-refractivity contribution in [1.29, 1.82) is 0 Å². The fraction of sp³-hybridized carbons (Fsp3) is 0.455. The van der Waals surface area contributed by atoms with Crippen LogP contribution in [0.25, 0.3) is 0 Å². The quantitative estimate of drug-likeness (QED) is 0.724. The highest BCUT2D eigenvalue weighted by atomic mass is 32.2. The number of halogens is 2. The Labute approximate surface area is 110 Å². The third kappa shape index (κ3) is 5.09. The van der Waals surface area contributed by atoms with Gasteiger partial charge in [-0.25, -0.2) is 17.2 Å². The van der Waals surface area contributed by atoms with Crippen LogP contribution in [0.3, 0.4) is 0 Å². The fourth-order valence-electron chi connectivity index (χ4n) is 1.53. The summed E-state index contributed by atoms with van der Waals surface area (Å²) in [6, 6.07) is 6.11. The normalized spacial score (nSPS) is 12.3. The van der Waals surface area contributed by atoms with Crippen molar-refractivity contribution in [2.24, 2.45) is 0 Å². The lowest BCUT2D eigenvalue weighted by Crippen LogP contribution is -2.38. The molecule has 0 amide bonds. The number of aliphatic hydroxyl groups is 1. The van der Waals surface area contributed by atoms with Gasteiger partial charge in [0.1, 0.15) is 0 Å². The van der Waals surface area contributed by atoms with Crippen LogP contribution in [-0.4, -0.2) is 44.0 Å². The Bertz CT molecular complexity index is 491. The third-order valence-corrected chi connectivity index (χ3v) is 4.23. The minimum absolute atomic E-state index is 0.346. The van der Waals surface area contributed by atoms with Gasteiger partial charge < -0.3 is 10.8 Å². The summed E-state index contributed by atoms with van der Waals surface area (Å²) in [6.07, 6.45) is -2.78. The number of nitrogen functional groups attached to an aromatic ring is 1. The van der Waals surface area contributed by atoms with Gasteiger partial charge >= 0.3 is 0 Å². The molecule has 0 saturated carbocycles. The van der Waals surface area contributed by atoms with Gasteiger partial charge in [-0.1, -0.05) is 12.1 Å². The van der Waals surface area contributed by atoms with E-state index in [0.717, 1.165) is 0 Å². The van der Waals surface area contributed by atoms with Crippen LogP contribution in [-0.2, 0) is 15.8 Å². The number of rotatable bonds is 7. The number of hydrogen-bond acceptors (Lipinski definition) is 4. The van der Waals surface area contributed by atoms with E-state index in [1.54, 1.807) is 0 Å². The largest absolute Gasteiger partial charge is 0.399 e. The zero-order valence-electron chi connectivity index (χ0n) is 10.2. The minimum Gasteiger partial charge on any atom is -0.399 e. The average Bonchev–Trinajstić information content (AvgIpc) is 2.31. The van der Waals surface area contributed by atoms with E-state index in [4.69, 9.17) is 10.8 Å². The molecule has 3 N–H and O–H groups in total. The topological polar surface area (TPSA) is 83.6 Å². The summed E-state index contributed by atoms with van der Waals surface area (Å²) in [5, 5.41) is 8.75. The van der Waals surface area contributed by atoms with Crippen LogP contribution < -0.4 is 5.73 Å². The molecule has 0 fully saturated rings. The molecule has 0 bridgehead atoms. The Hall–Kier alpha value is -1.25. The third-order valence-electron chi connectivity index (χ3n) is 2.41. The second-order valence-electron chi connectivity index (χ2n) is 3.97. The number of sulfonamides is 1. The van der Waals surface area contributed by atoms with Crippen LogP contribution in [0.1, 0.15) is 5.56 Å². The molecule has 1 aromatic carbocycles. The van der Waals surface area contributed by atoms with Crippen LogP contribution in [0.2, 0.25) is 0 Å². The molecule has 1 rings (SSSR count). The molecule has 0 aliphatic carbocycles. The molecule has 0 aromatic heterocycles. The number of benzene rings is 1. The lowest BCUT2D eigenvalue weighted by molar-refractivity contribution is 0.113. The fourth-order valence-corrected chi connectivity index (χ4v) is 3.02. The zero-order chi connectivity index (χ0) is 14.5. The van der Waals surface area contributed by atoms with Crippen molar-refractivity contribution in [1.82, 2.24) is 4.31 Å². The van der Waals surface area contributed by atoms with E-state index in [2.05, 4.69) is 0 Å². The van der Waals surface area contributed by atoms with Crippen molar-refractivity contribution in [3.05, 3.63) is 29.8 Å². The number of alkyl halides is 2. The number of hydrogen-bond donors (Lipinski definition) is 2. The Morgan fingerprint density at radius 3 is 2.32 bits per heavy atom. The maximum Gasteiger partial charge on any atom is 0.252 e. The highest BCUT2D eigenvalue weighted by Crippen LogP contribution is 2.14. The first kappa shape index (κ1) is 15.8. The molecular formula is C11H16F2N2O3S. The lowest BCUT2D eigenvalue weighted by Gasteiger charge is -2.20. The van der Waals surface area contributed by atoms with Gasteiger partial charge in [0.2, 0.25) is 10.0 Å². The van der Waals surface area contributed by atoms with Gasteiger partial charge in [0, 0.05) is 12.2 Å². The first-order valence-electron chi connectivity index (χ1n) is 5.56. The molecule has 0 radical (unpaired) electrons. The van der Waals surface area contributed by atoms with E-state index in [1.165, 1.54) is 24.3 Å². The number of nitrogens with zero attached hydrogens (tertiary/aromatic N) is 1. The van der Waals surface area contributed by atoms with E-state index >= 15 is 0 Å². The Morgan fingerprint density at radius 1 is 1.26 bits per heavy atom. The summed E-state index contributed by atoms with van der Waals surface area (Å²) in [5.74, 6) is -0.403. The molecule has 1 aromatic rings. The maximum absolute atomic E-state index is 12.3. The summed E-state index contributed by atoms with van der Waals surface area (Å²) in [7, 11) is -3.89. The van der Waals surface area contributed by atoms with E-state index in [1.807, 2.05) is 0 Å². The summed E-state index contributed by atoms with van der Waals surface area (Å²) in [5.41, 5.74) is 6.41. The Balaban J connectivity index is 2.84. The molecule has 0 heterocycles. The summed E-state index contributed by atoms with van der Waals surface area (Å²) < 4.78 is 49.2. The molecule has 108 valence electrons. The van der Waals surface area contributed by atoms with Gasteiger partial charge in [0.25, 0.3) is 6.43 Å². The summed E-state index contributed by atoms with van der Waals surface area (Å²) >= 11 is 0. The molecule has 0 saturated heterocycles. The Morgan fingerprint density at radius 2 is 1.84 bits per heavy atom. The number of anilines is 1. The van der Waals surface area contributed by atoms with Crippen molar-refractivity contribution < 1.29 is 22.3 Å². The highest BCUT2D eigenvalue weighted by Gasteiger charge is 2.25. The monoisotopic (exact) mass is 294 g/mol. The SMILES string of the molecule is Nc1ccc(CS(=O)(=O)N(CCO)CC(F)F)cc1. The molecule has 8 heteroatoms. The van der Waals surface area contributed by atoms with Gasteiger partial charge in [0.15, 0.2) is 0 Å². The minimum atomic E-state index is -3.89. The van der Waals surface area contributed by atoms with E-state index in [0.29, 0.717) is 15.6 Å². The average molecular weight is 294 g/mol. The zero-order valence-corrected chi connectivity index (χ0v) is 11.0. The molecule has 0 spiro atoms. The van der Waals surface area contributed by atoms with Gasteiger partial charge in [0.05, 0.1) is 18.9 Å². The van der Waals surface area contributed by atoms with Crippen molar-refractivity contribution in [2.45, 2.75) is 12.2 Å². The van der Waals surface area contributed by atoms with Gasteiger partial charge in [-0.3, -0.25) is 0 Å². The second-order valence-corrected chi connectivity index (χ2v) is 5.94. The second kappa shape index (κ2) is 6.78. The number of nitrogens with two attached hydrogens (primary N) is 1. The van der Waals surface area contributed by atoms with E-state index < -0.39 is 35.4 Å². The first-order valence-corrected chi connectivity index (χ1v) is 7.17. The highest BCUT2D eigenvalue weighted by molar-refractivity contribution is 7.88. The van der Waals surface area contributed by atoms with Crippen molar-refractivity contribution in [3.63, 3.8) is 0 Å². The van der Waals surface area contributed by atoms with Crippen molar-refractivity contribution in [2.75, 3.05) is 25.4 Å². The van der Waals surface area contributed by atoms with Crippen LogP contribution >= 0.6 is 0 Å². The summed E-state index contributed by atoms with van der Waals surface area (Å²) in [4.78, 5) is 0. The number of aliphatic hydroxyl groups excluding tert-OH is 1. The van der Waals surface area contributed by atoms with Crippen molar-refractivity contribution in [3.8, 4) is 0 Å². The van der Waals surface area contributed by atoms with Crippen LogP contribution in [0.5, 0.6) is 0 Å². The Kier molecular flexibility index (Phi) is 5.64. The predicted molar refractivity (Wildman–Crippen MR) is 68.1 cm³/mol. The molecule has 0 aliphatic rings. The molecular weight excluding hydrogens is 278 g/mol. The molecule has 0 unspecified atom stereocenters. The molecule has 5 nitrogen and oxygen atoms in total. The summed E-state index contributed by atoms with van der Waals surface area (Å²) in [6.45, 7) is -1.77. The first-order chi connectivity index (χ1) is 8.85. The van der Waals surface area contributed by atoms with Crippen LogP contribution in [0.4, 0.5) is 14.5 Å². The van der Waals surface area contributed by atoms with Gasteiger partial charge in [-0.2, -0.15) is 4.31 Å². The van der Waals surface area contributed by atoms with Crippen LogP contribution in [0.15, 0.2) is 24.3 Å². The maximum atomic E-state index is 12.3. The van der Waals surface area contributed by atoms with Crippen molar-refractivity contribution >= 4 is 15.7 Å². The predicted octanol–water partition coefficient (Wildman–Crippen LogP) is 0.658.